The van der Waals surface area contributed by atoms with E-state index >= 15 is 0 Å². The maximum absolute atomic E-state index is 13.9. The van der Waals surface area contributed by atoms with E-state index in [1.54, 1.807) is 0 Å². The van der Waals surface area contributed by atoms with Gasteiger partial charge in [-0.1, -0.05) is 31.2 Å². The van der Waals surface area contributed by atoms with Crippen molar-refractivity contribution in [2.24, 2.45) is 0 Å². The van der Waals surface area contributed by atoms with Gasteiger partial charge in [0.15, 0.2) is 0 Å². The molecule has 0 amide bonds. The number of halogens is 7. The average molecular weight is 489 g/mol. The van der Waals surface area contributed by atoms with Crippen molar-refractivity contribution in [2.45, 2.75) is 31.4 Å². The van der Waals surface area contributed by atoms with Crippen molar-refractivity contribution in [1.29, 1.82) is 0 Å². The topological polar surface area (TPSA) is 30.5 Å². The van der Waals surface area contributed by atoms with Crippen molar-refractivity contribution >= 4 is 27.5 Å². The zero-order valence-electron chi connectivity index (χ0n) is 13.4. The molecule has 10 heteroatoms. The summed E-state index contributed by atoms with van der Waals surface area (Å²) in [6, 6.07) is 7.12. The van der Waals surface area contributed by atoms with Crippen LogP contribution in [-0.2, 0) is 4.74 Å². The summed E-state index contributed by atoms with van der Waals surface area (Å²) in [4.78, 5) is 0. The minimum absolute atomic E-state index is 0. The molecule has 1 saturated heterocycles. The van der Waals surface area contributed by atoms with Crippen LogP contribution in [0.25, 0.3) is 0 Å². The van der Waals surface area contributed by atoms with Gasteiger partial charge in [-0.25, -0.2) is 13.2 Å². The van der Waals surface area contributed by atoms with Crippen LogP contribution in [0.1, 0.15) is 30.8 Å². The summed E-state index contributed by atoms with van der Waals surface area (Å²) in [6.07, 6.45) is -5.20. The van der Waals surface area contributed by atoms with Gasteiger partial charge in [0, 0.05) is 0 Å². The first-order valence-corrected chi connectivity index (χ1v) is 8.88. The Morgan fingerprint density at radius 1 is 1.21 bits per heavy atom. The average Bonchev–Trinajstić information content (AvgIpc) is 3.06. The molecule has 1 fully saturated rings. The largest absolute Gasteiger partial charge is 0.444 e. The molecule has 0 saturated carbocycles. The lowest BCUT2D eigenvalue weighted by atomic mass is 10.1. The summed E-state index contributed by atoms with van der Waals surface area (Å²) in [5, 5.41) is 2.93. The second kappa shape index (κ2) is 8.94. The number of alkyl halides is 4. The predicted octanol–water partition coefficient (Wildman–Crippen LogP) is 6.23. The lowest BCUT2D eigenvalue weighted by molar-refractivity contribution is -0.199. The van der Waals surface area contributed by atoms with E-state index in [1.165, 1.54) is 24.3 Å². The molecule has 1 aliphatic heterocycles. The van der Waals surface area contributed by atoms with Gasteiger partial charge in [-0.05, 0) is 45.8 Å². The second-order valence-corrected chi connectivity index (χ2v) is 6.96. The highest BCUT2D eigenvalue weighted by Gasteiger charge is 2.42. The molecule has 1 aliphatic rings. The fraction of sp³-hybridized carbons (Fsp3) is 0.333. The molecule has 0 aliphatic carbocycles. The first kappa shape index (κ1) is 22.9. The van der Waals surface area contributed by atoms with Crippen molar-refractivity contribution in [3.05, 3.63) is 63.6 Å². The number of benzene rings is 2. The molecule has 3 unspecified atom stereocenters. The molecule has 0 bridgehead atoms. The molecule has 2 aromatic rings. The number of nitrogens with one attached hydrogen (secondary N) is 1. The van der Waals surface area contributed by atoms with Gasteiger partial charge in [-0.3, -0.25) is 5.32 Å². The van der Waals surface area contributed by atoms with E-state index in [0.717, 1.165) is 12.1 Å². The molecule has 154 valence electrons. The summed E-state index contributed by atoms with van der Waals surface area (Å²) in [5.74, 6) is -1.81. The Balaban J connectivity index is 0.00000280. The summed E-state index contributed by atoms with van der Waals surface area (Å²) in [6.45, 7) is 0.0927. The van der Waals surface area contributed by atoms with Gasteiger partial charge in [0.25, 0.3) is 5.63 Å². The predicted molar refractivity (Wildman–Crippen MR) is 98.1 cm³/mol. The van der Waals surface area contributed by atoms with Gasteiger partial charge in [-0.15, -0.1) is 0 Å². The minimum atomic E-state index is -4.20. The van der Waals surface area contributed by atoms with Crippen LogP contribution in [-0.4, -0.2) is 18.3 Å². The van der Waals surface area contributed by atoms with Crippen molar-refractivity contribution in [1.82, 2.24) is 5.32 Å². The van der Waals surface area contributed by atoms with Crippen molar-refractivity contribution in [3.63, 3.8) is 0 Å². The van der Waals surface area contributed by atoms with E-state index < -0.39 is 35.6 Å². The number of rotatable bonds is 5. The van der Waals surface area contributed by atoms with Crippen LogP contribution >= 0.6 is 27.5 Å². The van der Waals surface area contributed by atoms with E-state index in [-0.39, 0.29) is 29.8 Å². The molecule has 0 spiro atoms. The molecular formula is C18H16BrClF5NO2. The Labute approximate surface area is 171 Å². The van der Waals surface area contributed by atoms with Gasteiger partial charge < -0.3 is 9.47 Å². The number of ether oxygens (including phenoxy) is 2. The molecule has 3 rings (SSSR count). The highest BCUT2D eigenvalue weighted by molar-refractivity contribution is 9.10. The summed E-state index contributed by atoms with van der Waals surface area (Å²) < 4.78 is 76.8. The molecule has 2 aromatic carbocycles. The molecule has 0 aromatic heterocycles. The van der Waals surface area contributed by atoms with E-state index in [0.29, 0.717) is 5.56 Å². The standard InChI is InChI=1S/C17H12BrClF5NO2.CH4/c18-9-6-8(4-5-13(9)27-17(23,24)16(19)22)12-7-26-15(25-12)14-10(20)2-1-3-11(14)21;/h1-6,12,15-16,25H,7H2;1H4. The third-order valence-electron chi connectivity index (χ3n) is 3.90. The van der Waals surface area contributed by atoms with E-state index in [4.69, 9.17) is 16.3 Å². The quantitative estimate of drug-likeness (QED) is 0.400. The fourth-order valence-electron chi connectivity index (χ4n) is 2.60. The van der Waals surface area contributed by atoms with Gasteiger partial charge in [-0.2, -0.15) is 8.78 Å². The third-order valence-corrected chi connectivity index (χ3v) is 4.78. The van der Waals surface area contributed by atoms with Gasteiger partial charge >= 0.3 is 6.11 Å². The zero-order valence-corrected chi connectivity index (χ0v) is 15.7. The first-order valence-electron chi connectivity index (χ1n) is 7.65. The highest BCUT2D eigenvalue weighted by atomic mass is 79.9. The maximum atomic E-state index is 13.9. The van der Waals surface area contributed by atoms with Crippen LogP contribution in [0.5, 0.6) is 5.75 Å². The lowest BCUT2D eigenvalue weighted by Gasteiger charge is -2.19. The smallest absolute Gasteiger partial charge is 0.428 e. The molecule has 3 atom stereocenters. The Morgan fingerprint density at radius 2 is 1.86 bits per heavy atom. The van der Waals surface area contributed by atoms with Crippen LogP contribution < -0.4 is 10.1 Å². The Hall–Kier alpha value is -1.42. The van der Waals surface area contributed by atoms with Crippen LogP contribution in [0.15, 0.2) is 40.9 Å². The first-order chi connectivity index (χ1) is 12.7. The summed E-state index contributed by atoms with van der Waals surface area (Å²) in [7, 11) is 0. The van der Waals surface area contributed by atoms with Crippen molar-refractivity contribution in [2.75, 3.05) is 6.61 Å². The Kier molecular flexibility index (Phi) is 7.30. The van der Waals surface area contributed by atoms with Crippen molar-refractivity contribution in [3.8, 4) is 5.75 Å². The van der Waals surface area contributed by atoms with E-state index in [2.05, 4.69) is 26.0 Å². The van der Waals surface area contributed by atoms with Gasteiger partial charge in [0.2, 0.25) is 0 Å². The molecule has 3 nitrogen and oxygen atoms in total. The van der Waals surface area contributed by atoms with Gasteiger partial charge in [0.05, 0.1) is 22.7 Å². The van der Waals surface area contributed by atoms with Crippen molar-refractivity contribution < 1.29 is 31.4 Å². The minimum Gasteiger partial charge on any atom is -0.428 e. The molecule has 1 heterocycles. The summed E-state index contributed by atoms with van der Waals surface area (Å²) >= 11 is 7.83. The third kappa shape index (κ3) is 4.76. The summed E-state index contributed by atoms with van der Waals surface area (Å²) in [5.41, 5.74) is -2.67. The van der Waals surface area contributed by atoms with Gasteiger partial charge in [0.1, 0.15) is 23.6 Å². The monoisotopic (exact) mass is 487 g/mol. The van der Waals surface area contributed by atoms with Crippen LogP contribution in [0.4, 0.5) is 22.0 Å². The highest BCUT2D eigenvalue weighted by Crippen LogP contribution is 2.37. The normalized spacial score (nSPS) is 20.5. The SMILES string of the molecule is C.Fc1cccc(F)c1C1NC(c2ccc(OC(F)(F)C(F)Cl)c(Br)c2)CO1. The number of hydrogen-bond acceptors (Lipinski definition) is 3. The Bertz CT molecular complexity index is 819. The molecule has 28 heavy (non-hydrogen) atoms. The fourth-order valence-corrected chi connectivity index (χ4v) is 3.12. The van der Waals surface area contributed by atoms with Crippen LogP contribution in [0.2, 0.25) is 0 Å². The lowest BCUT2D eigenvalue weighted by Crippen LogP contribution is -2.32. The second-order valence-electron chi connectivity index (χ2n) is 5.72. The maximum Gasteiger partial charge on any atom is 0.444 e. The van der Waals surface area contributed by atoms with E-state index in [9.17, 15) is 22.0 Å². The molecular weight excluding hydrogens is 473 g/mol. The molecule has 1 N–H and O–H groups in total. The van der Waals surface area contributed by atoms with Crippen LogP contribution in [0, 0.1) is 11.6 Å². The Morgan fingerprint density at radius 3 is 2.43 bits per heavy atom. The molecule has 0 radical (unpaired) electrons. The zero-order chi connectivity index (χ0) is 19.8. The van der Waals surface area contributed by atoms with Crippen LogP contribution in [0.3, 0.4) is 0 Å². The number of hydrogen-bond donors (Lipinski definition) is 1. The van der Waals surface area contributed by atoms with E-state index in [1.807, 2.05) is 0 Å².